The van der Waals surface area contributed by atoms with Gasteiger partial charge in [0, 0.05) is 6.07 Å². The Morgan fingerprint density at radius 1 is 1.12 bits per heavy atom. The maximum Gasteiger partial charge on any atom is 0.231 e. The largest absolute Gasteiger partial charge is 0.481 e. The highest BCUT2D eigenvalue weighted by Gasteiger charge is 2.26. The lowest BCUT2D eigenvalue weighted by Gasteiger charge is -2.21. The molecule has 1 aliphatic heterocycles. The molecule has 0 bridgehead atoms. The van der Waals surface area contributed by atoms with Gasteiger partial charge in [-0.05, 0) is 25.0 Å². The summed E-state index contributed by atoms with van der Waals surface area (Å²) in [6.45, 7) is 0.522. The number of rotatable bonds is 5. The fourth-order valence-electron chi connectivity index (χ4n) is 2.83. The molecule has 0 radical (unpaired) electrons. The van der Waals surface area contributed by atoms with E-state index in [0.717, 1.165) is 32.1 Å². The quantitative estimate of drug-likeness (QED) is 0.822. The molecule has 0 spiro atoms. The van der Waals surface area contributed by atoms with Crippen molar-refractivity contribution in [2.45, 2.75) is 37.4 Å². The minimum absolute atomic E-state index is 0.114. The van der Waals surface area contributed by atoms with Crippen LogP contribution in [0.2, 0.25) is 0 Å². The second-order valence-corrected chi connectivity index (χ2v) is 7.83. The van der Waals surface area contributed by atoms with E-state index in [4.69, 9.17) is 14.2 Å². The van der Waals surface area contributed by atoms with Crippen LogP contribution in [-0.4, -0.2) is 33.6 Å². The number of hydrogen-bond acceptors (Lipinski definition) is 5. The van der Waals surface area contributed by atoms with Crippen LogP contribution in [0.25, 0.3) is 0 Å². The van der Waals surface area contributed by atoms with Crippen molar-refractivity contribution in [1.82, 2.24) is 4.72 Å². The van der Waals surface area contributed by atoms with Gasteiger partial charge in [-0.3, -0.25) is 0 Å². The number of hydrogen-bond donors (Lipinski definition) is 1. The van der Waals surface area contributed by atoms with Crippen LogP contribution in [0.3, 0.4) is 0 Å². The molecule has 0 atom stereocenters. The zero-order valence-electron chi connectivity index (χ0n) is 13.4. The van der Waals surface area contributed by atoms with Crippen molar-refractivity contribution >= 4 is 10.0 Å². The highest BCUT2D eigenvalue weighted by atomic mass is 32.2. The maximum atomic E-state index is 12.1. The van der Waals surface area contributed by atoms with Gasteiger partial charge >= 0.3 is 0 Å². The van der Waals surface area contributed by atoms with Crippen LogP contribution >= 0.6 is 0 Å². The molecule has 1 N–H and O–H groups in total. The molecule has 0 unspecified atom stereocenters. The summed E-state index contributed by atoms with van der Waals surface area (Å²) in [7, 11) is -3.25. The minimum Gasteiger partial charge on any atom is -0.481 e. The number of fused-ring (bicyclic) bond motifs is 1. The number of sulfonamides is 1. The lowest BCUT2D eigenvalue weighted by Crippen LogP contribution is -2.35. The van der Waals surface area contributed by atoms with Crippen LogP contribution < -0.4 is 18.9 Å². The zero-order chi connectivity index (χ0) is 16.8. The normalized spacial score (nSPS) is 17.2. The summed E-state index contributed by atoms with van der Waals surface area (Å²) in [5.41, 5.74) is 0. The van der Waals surface area contributed by atoms with Gasteiger partial charge in [0.15, 0.2) is 11.5 Å². The Hall–Kier alpha value is -1.91. The van der Waals surface area contributed by atoms with E-state index in [1.807, 2.05) is 0 Å². The van der Waals surface area contributed by atoms with Crippen molar-refractivity contribution in [1.29, 1.82) is 0 Å². The predicted octanol–water partition coefficient (Wildman–Crippen LogP) is 2.05. The molecule has 1 aromatic rings. The standard InChI is InChI=1S/C17H21NO5S/c19-24(20,15-6-2-1-3-7-15)18-10-4-5-11-21-14-8-9-16-17(12-14)23-13-22-16/h8-9,12,15,18H,1-3,6-7,10-11,13H2. The van der Waals surface area contributed by atoms with Gasteiger partial charge in [0.05, 0.1) is 11.8 Å². The molecule has 0 saturated heterocycles. The van der Waals surface area contributed by atoms with Gasteiger partial charge in [-0.2, -0.15) is 0 Å². The summed E-state index contributed by atoms with van der Waals surface area (Å²) in [5.74, 6) is 7.58. The van der Waals surface area contributed by atoms with Crippen molar-refractivity contribution in [2.75, 3.05) is 19.9 Å². The molecular weight excluding hydrogens is 330 g/mol. The summed E-state index contributed by atoms with van der Waals surface area (Å²) < 4.78 is 42.8. The van der Waals surface area contributed by atoms with Crippen LogP contribution in [0.5, 0.6) is 17.2 Å². The third kappa shape index (κ3) is 4.34. The van der Waals surface area contributed by atoms with Gasteiger partial charge < -0.3 is 14.2 Å². The molecule has 3 rings (SSSR count). The van der Waals surface area contributed by atoms with Gasteiger partial charge in [-0.15, -0.1) is 0 Å². The lowest BCUT2D eigenvalue weighted by molar-refractivity contribution is 0.174. The van der Waals surface area contributed by atoms with E-state index in [0.29, 0.717) is 17.2 Å². The Morgan fingerprint density at radius 3 is 2.75 bits per heavy atom. The maximum absolute atomic E-state index is 12.1. The van der Waals surface area contributed by atoms with Crippen LogP contribution in [0.1, 0.15) is 32.1 Å². The molecule has 1 heterocycles. The average molecular weight is 351 g/mol. The Kier molecular flexibility index (Phi) is 5.48. The van der Waals surface area contributed by atoms with E-state index < -0.39 is 10.0 Å². The highest BCUT2D eigenvalue weighted by molar-refractivity contribution is 7.90. The van der Waals surface area contributed by atoms with Crippen molar-refractivity contribution < 1.29 is 22.6 Å². The third-order valence-corrected chi connectivity index (χ3v) is 6.03. The fourth-order valence-corrected chi connectivity index (χ4v) is 4.29. The fraction of sp³-hybridized carbons (Fsp3) is 0.529. The van der Waals surface area contributed by atoms with E-state index in [1.165, 1.54) is 0 Å². The van der Waals surface area contributed by atoms with Gasteiger partial charge in [0.25, 0.3) is 0 Å². The summed E-state index contributed by atoms with van der Waals surface area (Å²) in [6, 6.07) is 5.31. The Bertz CT molecular complexity index is 729. The molecule has 0 aromatic heterocycles. The molecule has 1 aromatic carbocycles. The second-order valence-electron chi connectivity index (χ2n) is 5.78. The first-order valence-corrected chi connectivity index (χ1v) is 9.66. The monoisotopic (exact) mass is 351 g/mol. The Balaban J connectivity index is 1.41. The van der Waals surface area contributed by atoms with Gasteiger partial charge in [0.2, 0.25) is 16.8 Å². The third-order valence-electron chi connectivity index (χ3n) is 4.13. The molecule has 2 aliphatic rings. The average Bonchev–Trinajstić information content (AvgIpc) is 3.06. The van der Waals surface area contributed by atoms with Crippen LogP contribution in [0.4, 0.5) is 0 Å². The Morgan fingerprint density at radius 2 is 1.92 bits per heavy atom. The van der Waals surface area contributed by atoms with Crippen molar-refractivity contribution in [3.8, 4) is 29.1 Å². The second kappa shape index (κ2) is 7.77. The smallest absolute Gasteiger partial charge is 0.231 e. The molecule has 1 aliphatic carbocycles. The molecule has 0 amide bonds. The number of benzene rings is 1. The first-order valence-electron chi connectivity index (χ1n) is 8.12. The van der Waals surface area contributed by atoms with Gasteiger partial charge in [-0.25, -0.2) is 13.1 Å². The molecule has 7 heteroatoms. The van der Waals surface area contributed by atoms with Crippen molar-refractivity contribution in [3.63, 3.8) is 0 Å². The molecule has 1 fully saturated rings. The molecule has 24 heavy (non-hydrogen) atoms. The summed E-state index contributed by atoms with van der Waals surface area (Å²) in [6.07, 6.45) is 4.59. The van der Waals surface area contributed by atoms with Crippen LogP contribution in [-0.2, 0) is 10.0 Å². The molecule has 6 nitrogen and oxygen atoms in total. The van der Waals surface area contributed by atoms with Crippen LogP contribution in [0, 0.1) is 11.8 Å². The SMILES string of the molecule is O=S(=O)(NCC#CCOc1ccc2c(c1)OCO2)C1CCCCC1. The zero-order valence-corrected chi connectivity index (χ0v) is 14.2. The van der Waals surface area contributed by atoms with Crippen molar-refractivity contribution in [3.05, 3.63) is 18.2 Å². The Labute approximate surface area is 142 Å². The van der Waals surface area contributed by atoms with Gasteiger partial charge in [-0.1, -0.05) is 31.1 Å². The summed E-state index contributed by atoms with van der Waals surface area (Å²) in [5, 5.41) is -0.266. The summed E-state index contributed by atoms with van der Waals surface area (Å²) in [4.78, 5) is 0. The van der Waals surface area contributed by atoms with E-state index in [1.54, 1.807) is 18.2 Å². The highest BCUT2D eigenvalue weighted by Crippen LogP contribution is 2.34. The van der Waals surface area contributed by atoms with Gasteiger partial charge in [0.1, 0.15) is 12.4 Å². The predicted molar refractivity (Wildman–Crippen MR) is 89.6 cm³/mol. The van der Waals surface area contributed by atoms with E-state index in [2.05, 4.69) is 16.6 Å². The molecule has 130 valence electrons. The topological polar surface area (TPSA) is 73.9 Å². The first kappa shape index (κ1) is 16.9. The summed E-state index contributed by atoms with van der Waals surface area (Å²) >= 11 is 0. The molecule has 1 saturated carbocycles. The van der Waals surface area contributed by atoms with E-state index in [-0.39, 0.29) is 25.2 Å². The van der Waals surface area contributed by atoms with E-state index in [9.17, 15) is 8.42 Å². The van der Waals surface area contributed by atoms with Crippen LogP contribution in [0.15, 0.2) is 18.2 Å². The first-order chi connectivity index (χ1) is 11.6. The lowest BCUT2D eigenvalue weighted by atomic mass is 10.0. The number of nitrogens with one attached hydrogen (secondary N) is 1. The van der Waals surface area contributed by atoms with E-state index >= 15 is 0 Å². The van der Waals surface area contributed by atoms with Crippen molar-refractivity contribution in [2.24, 2.45) is 0 Å². The molecular formula is C17H21NO5S. The minimum atomic E-state index is -3.25. The number of ether oxygens (including phenoxy) is 3.